The highest BCUT2D eigenvalue weighted by atomic mass is 32.2. The summed E-state index contributed by atoms with van der Waals surface area (Å²) in [5.74, 6) is 0.635. The third kappa shape index (κ3) is 4.99. The normalized spacial score (nSPS) is 10.2. The molecule has 2 aromatic rings. The average molecular weight is 336 g/mol. The standard InChI is InChI=1S/C14H16N4O4S/c1-3-15-13(20)16-11(19)8-23-14-18-17-12(22-14)9-4-6-10(21-2)7-5-9/h4-7H,3,8H2,1-2H3,(H2,15,16,19,20). The average Bonchev–Trinajstić information content (AvgIpc) is 3.02. The minimum Gasteiger partial charge on any atom is -0.497 e. The molecule has 0 atom stereocenters. The van der Waals surface area contributed by atoms with Crippen LogP contribution in [0.4, 0.5) is 4.79 Å². The van der Waals surface area contributed by atoms with Gasteiger partial charge < -0.3 is 14.5 Å². The van der Waals surface area contributed by atoms with Gasteiger partial charge in [-0.2, -0.15) is 0 Å². The molecule has 0 saturated carbocycles. The molecule has 0 saturated heterocycles. The monoisotopic (exact) mass is 336 g/mol. The van der Waals surface area contributed by atoms with Crippen molar-refractivity contribution in [3.63, 3.8) is 0 Å². The van der Waals surface area contributed by atoms with Crippen molar-refractivity contribution in [3.8, 4) is 17.2 Å². The Labute approximate surface area is 137 Å². The van der Waals surface area contributed by atoms with Crippen molar-refractivity contribution in [1.82, 2.24) is 20.8 Å². The quantitative estimate of drug-likeness (QED) is 0.773. The Morgan fingerprint density at radius 3 is 2.65 bits per heavy atom. The fourth-order valence-electron chi connectivity index (χ4n) is 1.61. The second kappa shape index (κ2) is 8.18. The fraction of sp³-hybridized carbons (Fsp3) is 0.286. The SMILES string of the molecule is CCNC(=O)NC(=O)CSc1nnc(-c2ccc(OC)cc2)o1. The molecule has 2 N–H and O–H groups in total. The van der Waals surface area contributed by atoms with Gasteiger partial charge in [0.05, 0.1) is 12.9 Å². The zero-order valence-corrected chi connectivity index (χ0v) is 13.5. The van der Waals surface area contributed by atoms with Crippen LogP contribution in [-0.2, 0) is 4.79 Å². The van der Waals surface area contributed by atoms with Crippen LogP contribution in [0.5, 0.6) is 5.75 Å². The molecule has 0 fully saturated rings. The highest BCUT2D eigenvalue weighted by molar-refractivity contribution is 7.99. The Bertz CT molecular complexity index is 672. The highest BCUT2D eigenvalue weighted by Gasteiger charge is 2.12. The number of nitrogens with zero attached hydrogens (tertiary/aromatic N) is 2. The predicted octanol–water partition coefficient (Wildman–Crippen LogP) is 1.68. The van der Waals surface area contributed by atoms with Gasteiger partial charge in [0, 0.05) is 12.1 Å². The van der Waals surface area contributed by atoms with Crippen LogP contribution >= 0.6 is 11.8 Å². The molecule has 3 amide bonds. The van der Waals surface area contributed by atoms with Crippen LogP contribution in [0.25, 0.3) is 11.5 Å². The van der Waals surface area contributed by atoms with Crippen molar-refractivity contribution in [2.24, 2.45) is 0 Å². The molecule has 0 unspecified atom stereocenters. The molecule has 8 nitrogen and oxygen atoms in total. The van der Waals surface area contributed by atoms with Crippen LogP contribution in [0.2, 0.25) is 0 Å². The Hall–Kier alpha value is -2.55. The van der Waals surface area contributed by atoms with E-state index >= 15 is 0 Å². The molecule has 23 heavy (non-hydrogen) atoms. The number of urea groups is 1. The number of carbonyl (C=O) groups is 2. The lowest BCUT2D eigenvalue weighted by Gasteiger charge is -2.02. The van der Waals surface area contributed by atoms with Gasteiger partial charge in [-0.1, -0.05) is 11.8 Å². The summed E-state index contributed by atoms with van der Waals surface area (Å²) in [6.07, 6.45) is 0. The zero-order valence-electron chi connectivity index (χ0n) is 12.7. The second-order valence-corrected chi connectivity index (χ2v) is 5.22. The molecular weight excluding hydrogens is 320 g/mol. The first kappa shape index (κ1) is 16.8. The second-order valence-electron chi connectivity index (χ2n) is 4.30. The van der Waals surface area contributed by atoms with Gasteiger partial charge in [-0.3, -0.25) is 10.1 Å². The number of imide groups is 1. The number of benzene rings is 1. The Balaban J connectivity index is 1.89. The molecule has 0 aliphatic carbocycles. The number of hydrogen-bond donors (Lipinski definition) is 2. The van der Waals surface area contributed by atoms with Crippen molar-refractivity contribution in [2.75, 3.05) is 19.4 Å². The van der Waals surface area contributed by atoms with Gasteiger partial charge >= 0.3 is 6.03 Å². The number of nitrogens with one attached hydrogen (secondary N) is 2. The summed E-state index contributed by atoms with van der Waals surface area (Å²) < 4.78 is 10.5. The predicted molar refractivity (Wildman–Crippen MR) is 84.2 cm³/mol. The van der Waals surface area contributed by atoms with Gasteiger partial charge in [-0.15, -0.1) is 10.2 Å². The lowest BCUT2D eigenvalue weighted by molar-refractivity contribution is -0.117. The number of carbonyl (C=O) groups excluding carboxylic acids is 2. The van der Waals surface area contributed by atoms with Crippen LogP contribution in [0.3, 0.4) is 0 Å². The third-order valence-corrected chi connectivity index (χ3v) is 3.48. The maximum absolute atomic E-state index is 11.6. The Morgan fingerprint density at radius 2 is 2.00 bits per heavy atom. The number of hydrogen-bond acceptors (Lipinski definition) is 7. The molecule has 0 spiro atoms. The third-order valence-electron chi connectivity index (χ3n) is 2.66. The van der Waals surface area contributed by atoms with E-state index in [1.807, 2.05) is 0 Å². The van der Waals surface area contributed by atoms with Gasteiger partial charge in [-0.05, 0) is 31.2 Å². The highest BCUT2D eigenvalue weighted by Crippen LogP contribution is 2.24. The van der Waals surface area contributed by atoms with Crippen LogP contribution in [-0.4, -0.2) is 41.5 Å². The number of aromatic nitrogens is 2. The maximum Gasteiger partial charge on any atom is 0.321 e. The van der Waals surface area contributed by atoms with Crippen molar-refractivity contribution in [3.05, 3.63) is 24.3 Å². The summed E-state index contributed by atoms with van der Waals surface area (Å²) in [6.45, 7) is 2.21. The molecule has 0 bridgehead atoms. The molecule has 1 aromatic carbocycles. The minimum absolute atomic E-state index is 0.00137. The van der Waals surface area contributed by atoms with E-state index in [0.29, 0.717) is 12.4 Å². The van der Waals surface area contributed by atoms with Gasteiger partial charge in [-0.25, -0.2) is 4.79 Å². The smallest absolute Gasteiger partial charge is 0.321 e. The van der Waals surface area contributed by atoms with E-state index in [1.54, 1.807) is 38.3 Å². The summed E-state index contributed by atoms with van der Waals surface area (Å²) in [6, 6.07) is 6.63. The number of thioether (sulfide) groups is 1. The van der Waals surface area contributed by atoms with E-state index in [0.717, 1.165) is 23.1 Å². The molecule has 1 aromatic heterocycles. The number of methoxy groups -OCH3 is 1. The van der Waals surface area contributed by atoms with E-state index in [4.69, 9.17) is 9.15 Å². The molecule has 2 rings (SSSR count). The van der Waals surface area contributed by atoms with Gasteiger partial charge in [0.2, 0.25) is 11.8 Å². The molecule has 0 radical (unpaired) electrons. The minimum atomic E-state index is -0.525. The van der Waals surface area contributed by atoms with Gasteiger partial charge in [0.1, 0.15) is 5.75 Å². The van der Waals surface area contributed by atoms with Crippen LogP contribution < -0.4 is 15.4 Å². The largest absolute Gasteiger partial charge is 0.497 e. The van der Waals surface area contributed by atoms with E-state index < -0.39 is 11.9 Å². The van der Waals surface area contributed by atoms with Crippen molar-refractivity contribution >= 4 is 23.7 Å². The van der Waals surface area contributed by atoms with E-state index in [9.17, 15) is 9.59 Å². The van der Waals surface area contributed by atoms with Crippen molar-refractivity contribution in [1.29, 1.82) is 0 Å². The number of ether oxygens (including phenoxy) is 1. The first-order valence-corrected chi connectivity index (χ1v) is 7.79. The summed E-state index contributed by atoms with van der Waals surface area (Å²) >= 11 is 1.05. The maximum atomic E-state index is 11.6. The summed E-state index contributed by atoms with van der Waals surface area (Å²) in [4.78, 5) is 22.7. The topological polar surface area (TPSA) is 106 Å². The number of rotatable bonds is 6. The molecule has 9 heteroatoms. The molecule has 1 heterocycles. The zero-order chi connectivity index (χ0) is 16.7. The van der Waals surface area contributed by atoms with E-state index in [-0.39, 0.29) is 11.0 Å². The molecular formula is C14H16N4O4S. The first-order valence-electron chi connectivity index (χ1n) is 6.80. The molecule has 0 aliphatic rings. The molecule has 122 valence electrons. The van der Waals surface area contributed by atoms with Crippen molar-refractivity contribution < 1.29 is 18.7 Å². The summed E-state index contributed by atoms with van der Waals surface area (Å²) in [7, 11) is 1.59. The summed E-state index contributed by atoms with van der Waals surface area (Å²) in [5.41, 5.74) is 0.747. The number of amides is 3. The lowest BCUT2D eigenvalue weighted by Crippen LogP contribution is -2.40. The molecule has 0 aliphatic heterocycles. The fourth-order valence-corrected chi connectivity index (χ4v) is 2.18. The van der Waals surface area contributed by atoms with Crippen LogP contribution in [0, 0.1) is 0 Å². The van der Waals surface area contributed by atoms with Crippen LogP contribution in [0.1, 0.15) is 6.92 Å². The lowest BCUT2D eigenvalue weighted by atomic mass is 10.2. The van der Waals surface area contributed by atoms with E-state index in [1.165, 1.54) is 0 Å². The van der Waals surface area contributed by atoms with Crippen molar-refractivity contribution in [2.45, 2.75) is 12.1 Å². The summed E-state index contributed by atoms with van der Waals surface area (Å²) in [5, 5.41) is 12.7. The Morgan fingerprint density at radius 1 is 1.26 bits per heavy atom. The van der Waals surface area contributed by atoms with E-state index in [2.05, 4.69) is 20.8 Å². The van der Waals surface area contributed by atoms with Gasteiger partial charge in [0.15, 0.2) is 0 Å². The Kier molecular flexibility index (Phi) is 5.98. The van der Waals surface area contributed by atoms with Gasteiger partial charge in [0.25, 0.3) is 5.22 Å². The first-order chi connectivity index (χ1) is 11.1. The van der Waals surface area contributed by atoms with Crippen LogP contribution in [0.15, 0.2) is 33.9 Å².